The fourth-order valence-electron chi connectivity index (χ4n) is 2.52. The molecule has 0 aliphatic rings. The quantitative estimate of drug-likeness (QED) is 0.606. The van der Waals surface area contributed by atoms with Gasteiger partial charge in [-0.1, -0.05) is 0 Å². The van der Waals surface area contributed by atoms with Crippen molar-refractivity contribution in [1.29, 1.82) is 0 Å². The number of nitrogens with one attached hydrogen (secondary N) is 2. The van der Waals surface area contributed by atoms with Crippen molar-refractivity contribution in [3.63, 3.8) is 0 Å². The van der Waals surface area contributed by atoms with Crippen LogP contribution in [-0.4, -0.2) is 43.6 Å². The Kier molecular flexibility index (Phi) is 5.95. The Hall–Kier alpha value is -3.75. The maximum Gasteiger partial charge on any atom is 0.249 e. The molecular formula is C19H21N5O4. The van der Waals surface area contributed by atoms with Crippen molar-refractivity contribution in [2.75, 3.05) is 39.1 Å². The smallest absolute Gasteiger partial charge is 0.249 e. The first-order valence-corrected chi connectivity index (χ1v) is 8.34. The largest absolute Gasteiger partial charge is 0.497 e. The van der Waals surface area contributed by atoms with Crippen molar-refractivity contribution in [2.24, 2.45) is 0 Å². The molecule has 0 atom stereocenters. The van der Waals surface area contributed by atoms with Crippen molar-refractivity contribution >= 4 is 23.1 Å². The van der Waals surface area contributed by atoms with Gasteiger partial charge in [-0.2, -0.15) is 10.1 Å². The summed E-state index contributed by atoms with van der Waals surface area (Å²) < 4.78 is 21.2. The maximum atomic E-state index is 5.35. The van der Waals surface area contributed by atoms with Crippen molar-refractivity contribution in [1.82, 2.24) is 15.2 Å². The molecule has 0 saturated heterocycles. The molecule has 3 rings (SSSR count). The molecule has 0 saturated carbocycles. The van der Waals surface area contributed by atoms with Crippen LogP contribution in [0, 0.1) is 0 Å². The Bertz CT molecular complexity index is 909. The zero-order valence-electron chi connectivity index (χ0n) is 16.0. The molecule has 146 valence electrons. The van der Waals surface area contributed by atoms with Crippen molar-refractivity contribution in [3.8, 4) is 23.0 Å². The number of ether oxygens (including phenoxy) is 4. The molecule has 0 fully saturated rings. The summed E-state index contributed by atoms with van der Waals surface area (Å²) in [7, 11) is 6.28. The fourth-order valence-corrected chi connectivity index (χ4v) is 2.52. The van der Waals surface area contributed by atoms with Crippen LogP contribution in [0.5, 0.6) is 23.0 Å². The standard InChI is InChI=1S/C19H21N5O4/c1-25-14-7-5-12(6-8-14)21-17-11-20-24-19(23-17)22-13-9-15(26-2)18(28-4)16(10-13)27-3/h5-11H,1-4H3,(H2,21,22,23,24). The predicted octanol–water partition coefficient (Wildman–Crippen LogP) is 3.39. The van der Waals surface area contributed by atoms with Crippen LogP contribution in [0.15, 0.2) is 42.6 Å². The van der Waals surface area contributed by atoms with Gasteiger partial charge in [-0.15, -0.1) is 5.10 Å². The minimum absolute atomic E-state index is 0.313. The van der Waals surface area contributed by atoms with Crippen molar-refractivity contribution in [2.45, 2.75) is 0 Å². The van der Waals surface area contributed by atoms with E-state index in [0.29, 0.717) is 34.7 Å². The highest BCUT2D eigenvalue weighted by atomic mass is 16.5. The Balaban J connectivity index is 1.80. The molecular weight excluding hydrogens is 362 g/mol. The minimum Gasteiger partial charge on any atom is -0.497 e. The molecule has 0 unspecified atom stereocenters. The van der Waals surface area contributed by atoms with E-state index in [1.165, 1.54) is 6.20 Å². The van der Waals surface area contributed by atoms with E-state index in [2.05, 4.69) is 25.8 Å². The first-order chi connectivity index (χ1) is 13.7. The number of nitrogens with zero attached hydrogens (tertiary/aromatic N) is 3. The number of benzene rings is 2. The van der Waals surface area contributed by atoms with Gasteiger partial charge in [0, 0.05) is 23.5 Å². The van der Waals surface area contributed by atoms with Gasteiger partial charge in [0.15, 0.2) is 17.3 Å². The van der Waals surface area contributed by atoms with Gasteiger partial charge in [-0.05, 0) is 24.3 Å². The summed E-state index contributed by atoms with van der Waals surface area (Å²) >= 11 is 0. The lowest BCUT2D eigenvalue weighted by Gasteiger charge is -2.14. The highest BCUT2D eigenvalue weighted by molar-refractivity contribution is 5.66. The fraction of sp³-hybridized carbons (Fsp3) is 0.211. The summed E-state index contributed by atoms with van der Waals surface area (Å²) in [5, 5.41) is 14.2. The second-order valence-corrected chi connectivity index (χ2v) is 5.56. The van der Waals surface area contributed by atoms with E-state index in [1.54, 1.807) is 40.6 Å². The van der Waals surface area contributed by atoms with E-state index in [4.69, 9.17) is 18.9 Å². The highest BCUT2D eigenvalue weighted by Gasteiger charge is 2.14. The normalized spacial score (nSPS) is 10.1. The molecule has 1 heterocycles. The summed E-state index contributed by atoms with van der Waals surface area (Å²) in [4.78, 5) is 4.42. The van der Waals surface area contributed by atoms with Gasteiger partial charge in [-0.3, -0.25) is 0 Å². The Labute approximate surface area is 162 Å². The van der Waals surface area contributed by atoms with Crippen LogP contribution in [0.4, 0.5) is 23.1 Å². The van der Waals surface area contributed by atoms with Gasteiger partial charge >= 0.3 is 0 Å². The number of methoxy groups -OCH3 is 4. The third-order valence-corrected chi connectivity index (χ3v) is 3.84. The minimum atomic E-state index is 0.313. The van der Waals surface area contributed by atoms with Gasteiger partial charge in [0.1, 0.15) is 5.75 Å². The summed E-state index contributed by atoms with van der Waals surface area (Å²) in [6, 6.07) is 11.0. The van der Waals surface area contributed by atoms with E-state index in [1.807, 2.05) is 24.3 Å². The molecule has 2 N–H and O–H groups in total. The number of rotatable bonds is 8. The molecule has 0 aliphatic carbocycles. The number of hydrogen-bond acceptors (Lipinski definition) is 9. The van der Waals surface area contributed by atoms with Crippen molar-refractivity contribution in [3.05, 3.63) is 42.6 Å². The molecule has 0 bridgehead atoms. The summed E-state index contributed by atoms with van der Waals surface area (Å²) in [6.45, 7) is 0. The third-order valence-electron chi connectivity index (χ3n) is 3.84. The number of anilines is 4. The lowest BCUT2D eigenvalue weighted by molar-refractivity contribution is 0.324. The Morgan fingerprint density at radius 3 is 2.00 bits per heavy atom. The molecule has 9 heteroatoms. The van der Waals surface area contributed by atoms with Gasteiger partial charge in [0.2, 0.25) is 11.7 Å². The first kappa shape index (κ1) is 19.0. The van der Waals surface area contributed by atoms with Crippen LogP contribution in [0.25, 0.3) is 0 Å². The Morgan fingerprint density at radius 2 is 1.43 bits per heavy atom. The molecule has 2 aromatic carbocycles. The van der Waals surface area contributed by atoms with Gasteiger partial charge in [0.05, 0.1) is 34.6 Å². The summed E-state index contributed by atoms with van der Waals surface area (Å²) in [6.07, 6.45) is 1.53. The van der Waals surface area contributed by atoms with Crippen LogP contribution < -0.4 is 29.6 Å². The molecule has 3 aromatic rings. The molecule has 0 spiro atoms. The molecule has 0 aliphatic heterocycles. The summed E-state index contributed by atoms with van der Waals surface area (Å²) in [5.41, 5.74) is 1.51. The van der Waals surface area contributed by atoms with Crippen molar-refractivity contribution < 1.29 is 18.9 Å². The number of hydrogen-bond donors (Lipinski definition) is 2. The molecule has 28 heavy (non-hydrogen) atoms. The van der Waals surface area contributed by atoms with Gasteiger partial charge in [-0.25, -0.2) is 0 Å². The van der Waals surface area contributed by atoms with Crippen LogP contribution in [-0.2, 0) is 0 Å². The average molecular weight is 383 g/mol. The zero-order chi connectivity index (χ0) is 19.9. The second kappa shape index (κ2) is 8.76. The topological polar surface area (TPSA) is 99.7 Å². The van der Waals surface area contributed by atoms with Crippen LogP contribution in [0.3, 0.4) is 0 Å². The summed E-state index contributed by atoms with van der Waals surface area (Å²) in [5.74, 6) is 3.16. The molecule has 0 radical (unpaired) electrons. The second-order valence-electron chi connectivity index (χ2n) is 5.56. The average Bonchev–Trinajstić information content (AvgIpc) is 2.73. The molecule has 0 amide bonds. The third kappa shape index (κ3) is 4.32. The van der Waals surface area contributed by atoms with E-state index in [-0.39, 0.29) is 0 Å². The molecule has 1 aromatic heterocycles. The monoisotopic (exact) mass is 383 g/mol. The molecule has 9 nitrogen and oxygen atoms in total. The van der Waals surface area contributed by atoms with Crippen LogP contribution in [0.2, 0.25) is 0 Å². The van der Waals surface area contributed by atoms with Gasteiger partial charge in [0.25, 0.3) is 0 Å². The maximum absolute atomic E-state index is 5.35. The lowest BCUT2D eigenvalue weighted by Crippen LogP contribution is -2.03. The van der Waals surface area contributed by atoms with Crippen LogP contribution >= 0.6 is 0 Å². The van der Waals surface area contributed by atoms with E-state index >= 15 is 0 Å². The zero-order valence-corrected chi connectivity index (χ0v) is 16.0. The Morgan fingerprint density at radius 1 is 0.750 bits per heavy atom. The first-order valence-electron chi connectivity index (χ1n) is 8.34. The predicted molar refractivity (Wildman–Crippen MR) is 105 cm³/mol. The SMILES string of the molecule is COc1ccc(Nc2cnnc(Nc3cc(OC)c(OC)c(OC)c3)n2)cc1. The van der Waals surface area contributed by atoms with Crippen LogP contribution in [0.1, 0.15) is 0 Å². The van der Waals surface area contributed by atoms with E-state index in [9.17, 15) is 0 Å². The lowest BCUT2D eigenvalue weighted by atomic mass is 10.2. The van der Waals surface area contributed by atoms with E-state index < -0.39 is 0 Å². The number of aromatic nitrogens is 3. The van der Waals surface area contributed by atoms with Gasteiger partial charge < -0.3 is 29.6 Å². The van der Waals surface area contributed by atoms with E-state index in [0.717, 1.165) is 11.4 Å². The highest BCUT2D eigenvalue weighted by Crippen LogP contribution is 2.40.